The van der Waals surface area contributed by atoms with Gasteiger partial charge in [-0.1, -0.05) is 12.1 Å². The van der Waals surface area contributed by atoms with Crippen LogP contribution in [0.5, 0.6) is 0 Å². The predicted octanol–water partition coefficient (Wildman–Crippen LogP) is 1.64. The van der Waals surface area contributed by atoms with E-state index in [1.165, 1.54) is 11.0 Å². The second kappa shape index (κ2) is 7.65. The van der Waals surface area contributed by atoms with Gasteiger partial charge in [-0.3, -0.25) is 14.4 Å². The molecule has 0 saturated carbocycles. The fraction of sp³-hybridized carbons (Fsp3) is 0.278. The molecule has 0 aliphatic heterocycles. The number of carbonyl (C=O) groups excluding carboxylic acids is 3. The first-order valence-electron chi connectivity index (χ1n) is 7.81. The quantitative estimate of drug-likeness (QED) is 0.831. The molecule has 2 aromatic rings. The summed E-state index contributed by atoms with van der Waals surface area (Å²) in [6.45, 7) is 1.82. The van der Waals surface area contributed by atoms with Gasteiger partial charge >= 0.3 is 0 Å². The third kappa shape index (κ3) is 4.26. The van der Waals surface area contributed by atoms with Crippen molar-refractivity contribution in [2.24, 2.45) is 5.73 Å². The lowest BCUT2D eigenvalue weighted by atomic mass is 10.1. The topological polar surface area (TPSA) is 106 Å². The Labute approximate surface area is 145 Å². The van der Waals surface area contributed by atoms with Crippen molar-refractivity contribution in [1.29, 1.82) is 0 Å². The van der Waals surface area contributed by atoms with Crippen LogP contribution < -0.4 is 11.1 Å². The van der Waals surface area contributed by atoms with E-state index < -0.39 is 5.91 Å². The molecule has 0 unspecified atom stereocenters. The zero-order chi connectivity index (χ0) is 18.6. The van der Waals surface area contributed by atoms with Crippen LogP contribution in [0.4, 0.5) is 0 Å². The fourth-order valence-electron chi connectivity index (χ4n) is 2.31. The van der Waals surface area contributed by atoms with Crippen molar-refractivity contribution < 1.29 is 18.8 Å². The molecule has 2 rings (SSSR count). The minimum atomic E-state index is -0.634. The van der Waals surface area contributed by atoms with Gasteiger partial charge in [-0.2, -0.15) is 0 Å². The molecule has 1 heterocycles. The molecular formula is C18H21N3O4. The molecule has 0 spiro atoms. The van der Waals surface area contributed by atoms with Crippen molar-refractivity contribution in [3.63, 3.8) is 0 Å². The van der Waals surface area contributed by atoms with E-state index in [0.717, 1.165) is 5.56 Å². The third-order valence-corrected chi connectivity index (χ3v) is 4.01. The summed E-state index contributed by atoms with van der Waals surface area (Å²) in [5.74, 6) is -0.359. The molecule has 7 nitrogen and oxygen atoms in total. The number of hydrogen-bond donors (Lipinski definition) is 2. The molecule has 3 amide bonds. The number of carbonyl (C=O) groups is 3. The number of furan rings is 1. The minimum Gasteiger partial charge on any atom is -0.451 e. The highest BCUT2D eigenvalue weighted by atomic mass is 16.3. The molecule has 25 heavy (non-hydrogen) atoms. The first kappa shape index (κ1) is 18.3. The average Bonchev–Trinajstić information content (AvgIpc) is 3.10. The molecule has 0 aliphatic rings. The zero-order valence-corrected chi connectivity index (χ0v) is 14.4. The van der Waals surface area contributed by atoms with Crippen molar-refractivity contribution in [2.45, 2.75) is 19.4 Å². The van der Waals surface area contributed by atoms with E-state index in [4.69, 9.17) is 10.2 Å². The van der Waals surface area contributed by atoms with E-state index in [9.17, 15) is 14.4 Å². The second-order valence-corrected chi connectivity index (χ2v) is 5.75. The molecule has 132 valence electrons. The van der Waals surface area contributed by atoms with Crippen LogP contribution in [0, 0.1) is 0 Å². The number of nitrogens with zero attached hydrogens (tertiary/aromatic N) is 1. The summed E-state index contributed by atoms with van der Waals surface area (Å²) in [7, 11) is 3.23. The number of nitrogens with two attached hydrogens (primary N) is 1. The van der Waals surface area contributed by atoms with Gasteiger partial charge in [0.25, 0.3) is 11.8 Å². The normalized spacial score (nSPS) is 11.6. The SMILES string of the molecule is CNC(=O)C[C@H](C)N(C)C(=O)c1ccc(-c2ccc(C(N)=O)o2)cc1. The smallest absolute Gasteiger partial charge is 0.284 e. The summed E-state index contributed by atoms with van der Waals surface area (Å²) >= 11 is 0. The van der Waals surface area contributed by atoms with Gasteiger partial charge in [0.2, 0.25) is 5.91 Å². The lowest BCUT2D eigenvalue weighted by Gasteiger charge is -2.24. The Hall–Kier alpha value is -3.09. The largest absolute Gasteiger partial charge is 0.451 e. The summed E-state index contributed by atoms with van der Waals surface area (Å²) in [5.41, 5.74) is 6.39. The van der Waals surface area contributed by atoms with Crippen molar-refractivity contribution in [2.75, 3.05) is 14.1 Å². The van der Waals surface area contributed by atoms with Crippen molar-refractivity contribution in [1.82, 2.24) is 10.2 Å². The van der Waals surface area contributed by atoms with E-state index in [2.05, 4.69) is 5.32 Å². The Balaban J connectivity index is 2.11. The molecule has 0 radical (unpaired) electrons. The predicted molar refractivity (Wildman–Crippen MR) is 92.9 cm³/mol. The third-order valence-electron chi connectivity index (χ3n) is 4.01. The van der Waals surface area contributed by atoms with Gasteiger partial charge in [-0.25, -0.2) is 0 Å². The summed E-state index contributed by atoms with van der Waals surface area (Å²) < 4.78 is 5.36. The molecule has 0 aliphatic carbocycles. The summed E-state index contributed by atoms with van der Waals surface area (Å²) in [6.07, 6.45) is 0.235. The van der Waals surface area contributed by atoms with E-state index in [1.807, 2.05) is 6.92 Å². The zero-order valence-electron chi connectivity index (χ0n) is 14.4. The van der Waals surface area contributed by atoms with Crippen molar-refractivity contribution in [3.05, 3.63) is 47.7 Å². The van der Waals surface area contributed by atoms with E-state index in [-0.39, 0.29) is 30.0 Å². The number of hydrogen-bond acceptors (Lipinski definition) is 4. The summed E-state index contributed by atoms with van der Waals surface area (Å²) in [4.78, 5) is 36.6. The number of benzene rings is 1. The number of rotatable bonds is 6. The van der Waals surface area contributed by atoms with Crippen LogP contribution in [0.15, 0.2) is 40.8 Å². The molecule has 1 aromatic heterocycles. The van der Waals surface area contributed by atoms with Crippen LogP contribution in [-0.4, -0.2) is 42.8 Å². The Morgan fingerprint density at radius 3 is 2.32 bits per heavy atom. The average molecular weight is 343 g/mol. The van der Waals surface area contributed by atoms with Crippen LogP contribution in [0.1, 0.15) is 34.3 Å². The van der Waals surface area contributed by atoms with E-state index in [0.29, 0.717) is 11.3 Å². The van der Waals surface area contributed by atoms with Crippen LogP contribution >= 0.6 is 0 Å². The molecule has 1 atom stereocenters. The Bertz CT molecular complexity index is 780. The molecular weight excluding hydrogens is 322 g/mol. The van der Waals surface area contributed by atoms with E-state index in [1.54, 1.807) is 44.4 Å². The van der Waals surface area contributed by atoms with Gasteiger partial charge in [0, 0.05) is 37.7 Å². The van der Waals surface area contributed by atoms with Gasteiger partial charge in [0.15, 0.2) is 5.76 Å². The second-order valence-electron chi connectivity index (χ2n) is 5.75. The number of amides is 3. The lowest BCUT2D eigenvalue weighted by molar-refractivity contribution is -0.121. The van der Waals surface area contributed by atoms with Crippen molar-refractivity contribution >= 4 is 17.7 Å². The van der Waals surface area contributed by atoms with Crippen LogP contribution in [-0.2, 0) is 4.79 Å². The first-order chi connectivity index (χ1) is 11.8. The Kier molecular flexibility index (Phi) is 5.59. The molecule has 7 heteroatoms. The standard InChI is InChI=1S/C18H21N3O4/c1-11(10-16(22)20-2)21(3)18(24)13-6-4-12(5-7-13)14-8-9-15(25-14)17(19)23/h4-9,11H,10H2,1-3H3,(H2,19,23)(H,20,22)/t11-/m0/s1. The van der Waals surface area contributed by atoms with Crippen LogP contribution in [0.2, 0.25) is 0 Å². The highest BCUT2D eigenvalue weighted by molar-refractivity contribution is 5.95. The molecule has 0 bridgehead atoms. The van der Waals surface area contributed by atoms with E-state index >= 15 is 0 Å². The first-order valence-corrected chi connectivity index (χ1v) is 7.81. The maximum absolute atomic E-state index is 12.5. The minimum absolute atomic E-state index is 0.0814. The maximum Gasteiger partial charge on any atom is 0.284 e. The monoisotopic (exact) mass is 343 g/mol. The summed E-state index contributed by atoms with van der Waals surface area (Å²) in [5, 5.41) is 2.54. The maximum atomic E-state index is 12.5. The van der Waals surface area contributed by atoms with Gasteiger partial charge in [0.05, 0.1) is 0 Å². The highest BCUT2D eigenvalue weighted by Crippen LogP contribution is 2.23. The summed E-state index contributed by atoms with van der Waals surface area (Å²) in [6, 6.07) is 9.73. The van der Waals surface area contributed by atoms with Crippen LogP contribution in [0.25, 0.3) is 11.3 Å². The Morgan fingerprint density at radius 2 is 1.80 bits per heavy atom. The molecule has 1 aromatic carbocycles. The van der Waals surface area contributed by atoms with Gasteiger partial charge in [0.1, 0.15) is 5.76 Å². The van der Waals surface area contributed by atoms with Gasteiger partial charge < -0.3 is 20.4 Å². The highest BCUT2D eigenvalue weighted by Gasteiger charge is 2.19. The molecule has 3 N–H and O–H groups in total. The molecule has 0 fully saturated rings. The fourth-order valence-corrected chi connectivity index (χ4v) is 2.31. The molecule has 0 saturated heterocycles. The van der Waals surface area contributed by atoms with Crippen LogP contribution in [0.3, 0.4) is 0 Å². The number of primary amides is 1. The number of nitrogens with one attached hydrogen (secondary N) is 1. The van der Waals surface area contributed by atoms with Gasteiger partial charge in [-0.05, 0) is 31.2 Å². The van der Waals surface area contributed by atoms with Crippen molar-refractivity contribution in [3.8, 4) is 11.3 Å². The Morgan fingerprint density at radius 1 is 1.16 bits per heavy atom. The lowest BCUT2D eigenvalue weighted by Crippen LogP contribution is -2.38. The van der Waals surface area contributed by atoms with Gasteiger partial charge in [-0.15, -0.1) is 0 Å².